The molecule has 0 bridgehead atoms. The van der Waals surface area contributed by atoms with Gasteiger partial charge in [-0.2, -0.15) is 0 Å². The van der Waals surface area contributed by atoms with Gasteiger partial charge in [0.2, 0.25) is 11.8 Å². The maximum atomic E-state index is 13.4. The molecule has 1 aromatic heterocycles. The number of rotatable bonds is 11. The van der Waals surface area contributed by atoms with Crippen LogP contribution in [0.25, 0.3) is 0 Å². The number of benzene rings is 2. The summed E-state index contributed by atoms with van der Waals surface area (Å²) in [5.74, 6) is -0.740. The molecule has 3 atom stereocenters. The fourth-order valence-electron chi connectivity index (χ4n) is 4.88. The monoisotopic (exact) mass is 559 g/mol. The predicted octanol–water partition coefficient (Wildman–Crippen LogP) is 2.24. The number of nitrogens with zero attached hydrogens (tertiary/aromatic N) is 5. The van der Waals surface area contributed by atoms with E-state index in [-0.39, 0.29) is 24.1 Å². The molecule has 0 aliphatic carbocycles. The lowest BCUT2D eigenvalue weighted by Crippen LogP contribution is -2.56. The van der Waals surface area contributed by atoms with Crippen LogP contribution in [0.1, 0.15) is 66.8 Å². The Balaban J connectivity index is 1.37. The van der Waals surface area contributed by atoms with Gasteiger partial charge in [0.1, 0.15) is 18.6 Å². The standard InChI is InChI=1S/C30H37N7O4/c1-4-24(26(38)19-37-27(33-34-35-37)18-22-10-6-5-7-11-22)31-28(39)21(3)36-17-9-8-12-25(30(36)41)32-29(40)23-15-13-20(2)14-16-23/h5-7,10-11,13-16,21,24-25H,4,8-9,12,17-19H2,1-3H3,(H,31,39)(H,32,40)/t21?,24?,25-/m0/s1. The molecule has 216 valence electrons. The number of amides is 3. The Morgan fingerprint density at radius 1 is 1.05 bits per heavy atom. The number of nitrogens with one attached hydrogen (secondary N) is 2. The maximum absolute atomic E-state index is 13.4. The zero-order chi connectivity index (χ0) is 29.4. The minimum atomic E-state index is -0.817. The fourth-order valence-corrected chi connectivity index (χ4v) is 4.88. The molecule has 4 rings (SSSR count). The van der Waals surface area contributed by atoms with Gasteiger partial charge in [-0.1, -0.05) is 55.0 Å². The smallest absolute Gasteiger partial charge is 0.251 e. The van der Waals surface area contributed by atoms with E-state index in [0.29, 0.717) is 43.6 Å². The molecule has 41 heavy (non-hydrogen) atoms. The van der Waals surface area contributed by atoms with Gasteiger partial charge in [-0.25, -0.2) is 4.68 Å². The van der Waals surface area contributed by atoms with Crippen molar-refractivity contribution < 1.29 is 19.2 Å². The predicted molar refractivity (Wildman–Crippen MR) is 152 cm³/mol. The zero-order valence-corrected chi connectivity index (χ0v) is 23.7. The SMILES string of the molecule is CCC(NC(=O)C(C)N1CCCC[C@H](NC(=O)c2ccc(C)cc2)C1=O)C(=O)Cn1nnnc1Cc1ccccc1. The lowest BCUT2D eigenvalue weighted by molar-refractivity contribution is -0.141. The average Bonchev–Trinajstić information content (AvgIpc) is 3.32. The molecule has 0 spiro atoms. The zero-order valence-electron chi connectivity index (χ0n) is 23.7. The number of carbonyl (C=O) groups is 4. The highest BCUT2D eigenvalue weighted by Crippen LogP contribution is 2.17. The van der Waals surface area contributed by atoms with Gasteiger partial charge in [-0.05, 0) is 67.7 Å². The van der Waals surface area contributed by atoms with E-state index in [1.54, 1.807) is 19.1 Å². The van der Waals surface area contributed by atoms with Gasteiger partial charge in [-0.15, -0.1) is 5.10 Å². The summed E-state index contributed by atoms with van der Waals surface area (Å²) in [7, 11) is 0. The normalized spacial score (nSPS) is 16.9. The molecule has 2 heterocycles. The molecule has 1 saturated heterocycles. The Bertz CT molecular complexity index is 1360. The molecule has 2 unspecified atom stereocenters. The highest BCUT2D eigenvalue weighted by Gasteiger charge is 2.35. The number of aryl methyl sites for hydroxylation is 1. The van der Waals surface area contributed by atoms with Crippen molar-refractivity contribution in [3.05, 3.63) is 77.1 Å². The van der Waals surface area contributed by atoms with Crippen molar-refractivity contribution in [1.82, 2.24) is 35.7 Å². The van der Waals surface area contributed by atoms with Crippen molar-refractivity contribution in [1.29, 1.82) is 0 Å². The van der Waals surface area contributed by atoms with E-state index in [1.165, 1.54) is 9.58 Å². The van der Waals surface area contributed by atoms with Gasteiger partial charge >= 0.3 is 0 Å². The van der Waals surface area contributed by atoms with Crippen molar-refractivity contribution >= 4 is 23.5 Å². The number of hydrogen-bond donors (Lipinski definition) is 2. The van der Waals surface area contributed by atoms with Gasteiger partial charge in [0.25, 0.3) is 5.91 Å². The number of ketones is 1. The Morgan fingerprint density at radius 3 is 2.49 bits per heavy atom. The van der Waals surface area contributed by atoms with Crippen LogP contribution in [-0.4, -0.2) is 73.3 Å². The number of carbonyl (C=O) groups excluding carboxylic acids is 4. The lowest BCUT2D eigenvalue weighted by atomic mass is 10.1. The molecule has 1 aliphatic rings. The average molecular weight is 560 g/mol. The van der Waals surface area contributed by atoms with Crippen molar-refractivity contribution in [2.24, 2.45) is 0 Å². The van der Waals surface area contributed by atoms with Crippen molar-refractivity contribution in [2.75, 3.05) is 6.54 Å². The summed E-state index contributed by atoms with van der Waals surface area (Å²) in [6.45, 7) is 5.70. The maximum Gasteiger partial charge on any atom is 0.251 e. The minimum absolute atomic E-state index is 0.0852. The van der Waals surface area contributed by atoms with E-state index in [0.717, 1.165) is 17.5 Å². The second-order valence-electron chi connectivity index (χ2n) is 10.4. The third-order valence-corrected chi connectivity index (χ3v) is 7.42. The van der Waals surface area contributed by atoms with E-state index in [4.69, 9.17) is 0 Å². The van der Waals surface area contributed by atoms with Crippen LogP contribution in [0.15, 0.2) is 54.6 Å². The minimum Gasteiger partial charge on any atom is -0.344 e. The van der Waals surface area contributed by atoms with E-state index in [1.807, 2.05) is 56.3 Å². The third kappa shape index (κ3) is 7.62. The number of Topliss-reactive ketones (excluding diaryl/α,β-unsaturated/α-hetero) is 1. The molecule has 2 N–H and O–H groups in total. The molecule has 0 saturated carbocycles. The van der Waals surface area contributed by atoms with Crippen LogP contribution >= 0.6 is 0 Å². The van der Waals surface area contributed by atoms with Crippen LogP contribution in [0.2, 0.25) is 0 Å². The summed E-state index contributed by atoms with van der Waals surface area (Å²) in [5.41, 5.74) is 2.52. The summed E-state index contributed by atoms with van der Waals surface area (Å²) in [6, 6.07) is 14.5. The largest absolute Gasteiger partial charge is 0.344 e. The molecule has 1 fully saturated rings. The van der Waals surface area contributed by atoms with Crippen LogP contribution in [0.4, 0.5) is 0 Å². The molecule has 11 heteroatoms. The number of aromatic nitrogens is 4. The second kappa shape index (κ2) is 13.8. The molecular weight excluding hydrogens is 522 g/mol. The first-order valence-electron chi connectivity index (χ1n) is 14.1. The summed E-state index contributed by atoms with van der Waals surface area (Å²) in [4.78, 5) is 54.2. The van der Waals surface area contributed by atoms with Crippen LogP contribution in [0.5, 0.6) is 0 Å². The van der Waals surface area contributed by atoms with E-state index < -0.39 is 24.0 Å². The van der Waals surface area contributed by atoms with Gasteiger partial charge in [-0.3, -0.25) is 19.2 Å². The molecule has 11 nitrogen and oxygen atoms in total. The molecule has 3 amide bonds. The summed E-state index contributed by atoms with van der Waals surface area (Å²) >= 11 is 0. The number of hydrogen-bond acceptors (Lipinski definition) is 7. The van der Waals surface area contributed by atoms with E-state index in [2.05, 4.69) is 26.2 Å². The van der Waals surface area contributed by atoms with E-state index in [9.17, 15) is 19.2 Å². The number of likely N-dealkylation sites (tertiary alicyclic amines) is 1. The topological polar surface area (TPSA) is 139 Å². The molecule has 2 aromatic carbocycles. The quantitative estimate of drug-likeness (QED) is 0.367. The summed E-state index contributed by atoms with van der Waals surface area (Å²) in [6.07, 6.45) is 2.79. The molecular formula is C30H37N7O4. The third-order valence-electron chi connectivity index (χ3n) is 7.42. The van der Waals surface area contributed by atoms with E-state index >= 15 is 0 Å². The van der Waals surface area contributed by atoms with Crippen molar-refractivity contribution in [2.45, 2.75) is 77.5 Å². The van der Waals surface area contributed by atoms with Gasteiger partial charge in [0.15, 0.2) is 11.6 Å². The molecule has 1 aliphatic heterocycles. The summed E-state index contributed by atoms with van der Waals surface area (Å²) < 4.78 is 1.45. The van der Waals surface area contributed by atoms with Crippen molar-refractivity contribution in [3.63, 3.8) is 0 Å². The van der Waals surface area contributed by atoms with Crippen molar-refractivity contribution in [3.8, 4) is 0 Å². The lowest BCUT2D eigenvalue weighted by Gasteiger charge is -2.30. The number of tetrazole rings is 1. The fraction of sp³-hybridized carbons (Fsp3) is 0.433. The summed E-state index contributed by atoms with van der Waals surface area (Å²) in [5, 5.41) is 17.4. The highest BCUT2D eigenvalue weighted by atomic mass is 16.2. The second-order valence-corrected chi connectivity index (χ2v) is 10.4. The highest BCUT2D eigenvalue weighted by molar-refractivity contribution is 5.98. The Hall–Kier alpha value is -4.41. The Labute approximate surface area is 239 Å². The first kappa shape index (κ1) is 29.6. The van der Waals surface area contributed by atoms with Crippen LogP contribution in [-0.2, 0) is 27.3 Å². The van der Waals surface area contributed by atoms with Crippen LogP contribution < -0.4 is 10.6 Å². The first-order chi connectivity index (χ1) is 19.8. The molecule has 3 aromatic rings. The first-order valence-corrected chi connectivity index (χ1v) is 14.1. The Kier molecular flexibility index (Phi) is 9.94. The van der Waals surface area contributed by atoms with Gasteiger partial charge in [0, 0.05) is 18.5 Å². The van der Waals surface area contributed by atoms with Gasteiger partial charge < -0.3 is 15.5 Å². The Morgan fingerprint density at radius 2 is 1.78 bits per heavy atom. The van der Waals surface area contributed by atoms with Crippen LogP contribution in [0, 0.1) is 6.92 Å². The van der Waals surface area contributed by atoms with Gasteiger partial charge in [0.05, 0.1) is 6.04 Å². The van der Waals surface area contributed by atoms with Crippen LogP contribution in [0.3, 0.4) is 0 Å². The molecule has 0 radical (unpaired) electrons.